The molecule has 13 aromatic rings. The molecule has 0 atom stereocenters. The van der Waals surface area contributed by atoms with E-state index in [-0.39, 0.29) is 0 Å². The number of fused-ring (bicyclic) bond motifs is 12. The van der Waals surface area contributed by atoms with Gasteiger partial charge in [-0.15, -0.1) is 11.3 Å². The molecule has 0 saturated carbocycles. The lowest BCUT2D eigenvalue weighted by molar-refractivity contribution is 1.19. The predicted molar refractivity (Wildman–Crippen MR) is 268 cm³/mol. The maximum atomic E-state index is 2.46. The van der Waals surface area contributed by atoms with Gasteiger partial charge in [-0.3, -0.25) is 0 Å². The van der Waals surface area contributed by atoms with Gasteiger partial charge >= 0.3 is 0 Å². The molecule has 2 heterocycles. The molecule has 0 aliphatic heterocycles. The number of hydrogen-bond donors (Lipinski definition) is 0. The molecule has 0 saturated heterocycles. The van der Waals surface area contributed by atoms with Gasteiger partial charge < -0.3 is 4.57 Å². The molecular formula is C60H37NS. The molecule has 13 rings (SSSR count). The van der Waals surface area contributed by atoms with E-state index in [2.05, 4.69) is 229 Å². The molecule has 288 valence electrons. The van der Waals surface area contributed by atoms with Crippen LogP contribution >= 0.6 is 11.3 Å². The summed E-state index contributed by atoms with van der Waals surface area (Å²) in [7, 11) is 0. The van der Waals surface area contributed by atoms with Gasteiger partial charge in [0.25, 0.3) is 0 Å². The van der Waals surface area contributed by atoms with Crippen molar-refractivity contribution in [2.75, 3.05) is 0 Å². The summed E-state index contributed by atoms with van der Waals surface area (Å²) in [6.07, 6.45) is 0. The van der Waals surface area contributed by atoms with Crippen molar-refractivity contribution in [1.29, 1.82) is 0 Å². The van der Waals surface area contributed by atoms with E-state index in [1.54, 1.807) is 0 Å². The zero-order valence-corrected chi connectivity index (χ0v) is 34.5. The van der Waals surface area contributed by atoms with Crippen molar-refractivity contribution >= 4 is 85.6 Å². The van der Waals surface area contributed by atoms with E-state index in [0.717, 1.165) is 5.69 Å². The van der Waals surface area contributed by atoms with E-state index < -0.39 is 0 Å². The number of benzene rings is 11. The van der Waals surface area contributed by atoms with E-state index in [1.807, 2.05) is 11.3 Å². The van der Waals surface area contributed by atoms with Crippen LogP contribution in [0.25, 0.3) is 124 Å². The summed E-state index contributed by atoms with van der Waals surface area (Å²) in [5.74, 6) is 0. The molecule has 0 fully saturated rings. The van der Waals surface area contributed by atoms with Gasteiger partial charge in [-0.05, 0) is 120 Å². The molecular weight excluding hydrogens is 767 g/mol. The Morgan fingerprint density at radius 1 is 0.242 bits per heavy atom. The highest BCUT2D eigenvalue weighted by atomic mass is 32.1. The first-order valence-electron chi connectivity index (χ1n) is 21.3. The Morgan fingerprint density at radius 2 is 0.677 bits per heavy atom. The predicted octanol–water partition coefficient (Wildman–Crippen LogP) is 17.3. The van der Waals surface area contributed by atoms with Gasteiger partial charge in [-0.25, -0.2) is 0 Å². The fraction of sp³-hybridized carbons (Fsp3) is 0. The van der Waals surface area contributed by atoms with E-state index in [9.17, 15) is 0 Å². The average molecular weight is 804 g/mol. The van der Waals surface area contributed by atoms with E-state index >= 15 is 0 Å². The van der Waals surface area contributed by atoms with Crippen molar-refractivity contribution in [2.45, 2.75) is 0 Å². The highest BCUT2D eigenvalue weighted by Crippen LogP contribution is 2.48. The largest absolute Gasteiger partial charge is 0.309 e. The maximum Gasteiger partial charge on any atom is 0.0541 e. The van der Waals surface area contributed by atoms with Crippen molar-refractivity contribution in [1.82, 2.24) is 4.57 Å². The summed E-state index contributed by atoms with van der Waals surface area (Å²) in [6.45, 7) is 0. The Labute approximate surface area is 363 Å². The van der Waals surface area contributed by atoms with Crippen molar-refractivity contribution in [3.8, 4) is 50.2 Å². The van der Waals surface area contributed by atoms with E-state index in [0.29, 0.717) is 0 Å². The Balaban J connectivity index is 1.07. The van der Waals surface area contributed by atoms with Crippen molar-refractivity contribution in [3.05, 3.63) is 224 Å². The normalized spacial score (nSPS) is 11.9. The van der Waals surface area contributed by atoms with Crippen molar-refractivity contribution in [3.63, 3.8) is 0 Å². The highest BCUT2D eigenvalue weighted by Gasteiger charge is 2.20. The highest BCUT2D eigenvalue weighted by molar-refractivity contribution is 7.27. The molecule has 0 N–H and O–H groups in total. The Morgan fingerprint density at radius 3 is 1.26 bits per heavy atom. The molecule has 0 unspecified atom stereocenters. The number of thiophene rings is 1. The van der Waals surface area contributed by atoms with Gasteiger partial charge in [0, 0.05) is 47.8 Å². The minimum Gasteiger partial charge on any atom is -0.309 e. The van der Waals surface area contributed by atoms with Crippen LogP contribution in [-0.4, -0.2) is 4.57 Å². The number of hydrogen-bond acceptors (Lipinski definition) is 1. The van der Waals surface area contributed by atoms with Gasteiger partial charge in [0.15, 0.2) is 0 Å². The third-order valence-electron chi connectivity index (χ3n) is 12.9. The summed E-state index contributed by atoms with van der Waals surface area (Å²) >= 11 is 1.92. The van der Waals surface area contributed by atoms with Gasteiger partial charge in [-0.1, -0.05) is 170 Å². The van der Waals surface area contributed by atoms with Crippen LogP contribution in [-0.2, 0) is 0 Å². The monoisotopic (exact) mass is 803 g/mol. The van der Waals surface area contributed by atoms with Gasteiger partial charge in [0.05, 0.1) is 11.0 Å². The van der Waals surface area contributed by atoms with Gasteiger partial charge in [0.1, 0.15) is 0 Å². The van der Waals surface area contributed by atoms with Crippen molar-refractivity contribution in [2.24, 2.45) is 0 Å². The average Bonchev–Trinajstić information content (AvgIpc) is 3.90. The second-order valence-electron chi connectivity index (χ2n) is 16.4. The third-order valence-corrected chi connectivity index (χ3v) is 14.2. The van der Waals surface area contributed by atoms with Crippen LogP contribution in [0.3, 0.4) is 0 Å². The molecule has 2 aromatic heterocycles. The van der Waals surface area contributed by atoms with Gasteiger partial charge in [0.2, 0.25) is 0 Å². The quantitative estimate of drug-likeness (QED) is 0.153. The van der Waals surface area contributed by atoms with Crippen LogP contribution in [0.1, 0.15) is 0 Å². The molecule has 0 aliphatic carbocycles. The second-order valence-corrected chi connectivity index (χ2v) is 17.4. The van der Waals surface area contributed by atoms with Crippen LogP contribution in [0, 0.1) is 0 Å². The maximum absolute atomic E-state index is 2.46. The first kappa shape index (κ1) is 35.0. The molecule has 0 radical (unpaired) electrons. The van der Waals surface area contributed by atoms with Crippen LogP contribution in [0.15, 0.2) is 224 Å². The van der Waals surface area contributed by atoms with Crippen LogP contribution < -0.4 is 0 Å². The van der Waals surface area contributed by atoms with E-state index in [4.69, 9.17) is 0 Å². The fourth-order valence-electron chi connectivity index (χ4n) is 10.1. The molecule has 11 aromatic carbocycles. The van der Waals surface area contributed by atoms with Crippen molar-refractivity contribution < 1.29 is 0 Å². The lowest BCUT2D eigenvalue weighted by Crippen LogP contribution is -1.94. The minimum absolute atomic E-state index is 1.16. The number of nitrogens with zero attached hydrogens (tertiary/aromatic N) is 1. The van der Waals surface area contributed by atoms with Gasteiger partial charge in [-0.2, -0.15) is 0 Å². The molecule has 0 spiro atoms. The third kappa shape index (κ3) is 5.40. The summed E-state index contributed by atoms with van der Waals surface area (Å²) in [4.78, 5) is 0. The zero-order valence-electron chi connectivity index (χ0n) is 33.7. The fourth-order valence-corrected chi connectivity index (χ4v) is 11.4. The lowest BCUT2D eigenvalue weighted by Gasteiger charge is -2.14. The number of para-hydroxylation sites is 1. The van der Waals surface area contributed by atoms with E-state index in [1.165, 1.54) is 119 Å². The second kappa shape index (κ2) is 13.9. The summed E-state index contributed by atoms with van der Waals surface area (Å²) in [5, 5.41) is 12.8. The smallest absolute Gasteiger partial charge is 0.0541 e. The summed E-state index contributed by atoms with van der Waals surface area (Å²) in [6, 6.07) is 83.0. The van der Waals surface area contributed by atoms with Crippen LogP contribution in [0.2, 0.25) is 0 Å². The SMILES string of the molecule is c1ccc(-c2cc(-c3ccccc3)c3sc4c(-c5ccc6c(c5)c5ccccc5n6-c5ccc6c7ccccc7c7ccccc7c6c5)cc(-c5ccccc5)cc4c3c2)cc1. The van der Waals surface area contributed by atoms with Crippen LogP contribution in [0.4, 0.5) is 0 Å². The topological polar surface area (TPSA) is 4.93 Å². The summed E-state index contributed by atoms with van der Waals surface area (Å²) < 4.78 is 5.08. The first-order valence-corrected chi connectivity index (χ1v) is 22.1. The number of rotatable bonds is 5. The standard InChI is InChI=1S/C60H37NS/c1-4-16-38(17-5-1)42-33-51(40-20-8-3-9-21-40)59-55(35-42)56-36-43(39-18-6-2-7-19-39)34-52(60(56)62-59)41-28-31-58-54(32-41)50-26-14-15-27-57(50)61(58)44-29-30-49-47-24-11-10-22-45(47)46-23-12-13-25-48(46)53(49)37-44/h1-37H. The molecule has 62 heavy (non-hydrogen) atoms. The van der Waals surface area contributed by atoms with Crippen LogP contribution in [0.5, 0.6) is 0 Å². The Hall–Kier alpha value is -7.78. The molecule has 1 nitrogen and oxygen atoms in total. The molecule has 0 bridgehead atoms. The number of aromatic nitrogens is 1. The Bertz CT molecular complexity index is 3860. The lowest BCUT2D eigenvalue weighted by atomic mass is 9.93. The Kier molecular flexibility index (Phi) is 7.85. The summed E-state index contributed by atoms with van der Waals surface area (Å²) in [5.41, 5.74) is 13.4. The zero-order chi connectivity index (χ0) is 40.7. The first-order chi connectivity index (χ1) is 30.7. The molecule has 2 heteroatoms. The molecule has 0 aliphatic rings. The molecule has 0 amide bonds. The minimum atomic E-state index is 1.16.